The molecule has 0 bridgehead atoms. The number of hydrogen-bond donors (Lipinski definition) is 0. The predicted molar refractivity (Wildman–Crippen MR) is 75.6 cm³/mol. The number of benzene rings is 1. The summed E-state index contributed by atoms with van der Waals surface area (Å²) in [6.45, 7) is 0.987. The van der Waals surface area contributed by atoms with Crippen LogP contribution in [-0.4, -0.2) is 41.2 Å². The maximum absolute atomic E-state index is 10.7. The molecule has 1 aromatic heterocycles. The monoisotopic (exact) mass is 283 g/mol. The fraction of sp³-hybridized carbons (Fsp3) is 0.364. The minimum absolute atomic E-state index is 0.121. The molecule has 1 heterocycles. The lowest BCUT2D eigenvalue weighted by atomic mass is 10.3. The van der Waals surface area contributed by atoms with Crippen molar-refractivity contribution in [2.24, 2.45) is 0 Å². The Balaban J connectivity index is 2.14. The Morgan fingerprint density at radius 1 is 1.50 bits per heavy atom. The minimum atomic E-state index is -0.377. The van der Waals surface area contributed by atoms with Crippen LogP contribution in [0.4, 0.5) is 5.69 Å². The van der Waals surface area contributed by atoms with E-state index < -0.39 is 0 Å². The maximum Gasteiger partial charge on any atom is 0.270 e. The molecule has 0 unspecified atom stereocenters. The lowest BCUT2D eigenvalue weighted by Gasteiger charge is -2.06. The zero-order valence-corrected chi connectivity index (χ0v) is 11.8. The van der Waals surface area contributed by atoms with Gasteiger partial charge in [0.15, 0.2) is 4.34 Å². The highest BCUT2D eigenvalue weighted by Gasteiger charge is 2.10. The van der Waals surface area contributed by atoms with Gasteiger partial charge in [-0.25, -0.2) is 4.98 Å². The van der Waals surface area contributed by atoms with Gasteiger partial charge in [0.2, 0.25) is 0 Å². The molecule has 2 rings (SSSR count). The van der Waals surface area contributed by atoms with E-state index in [4.69, 9.17) is 0 Å². The molecule has 0 saturated carbocycles. The number of fused-ring (bicyclic) bond motifs is 1. The molecule has 0 saturated heterocycles. The van der Waals surface area contributed by atoms with Gasteiger partial charge in [0.1, 0.15) is 0 Å². The molecule has 96 valence electrons. The van der Waals surface area contributed by atoms with Gasteiger partial charge in [-0.15, -0.1) is 11.3 Å². The molecule has 5 nitrogen and oxygen atoms in total. The van der Waals surface area contributed by atoms with Crippen molar-refractivity contribution in [3.05, 3.63) is 28.3 Å². The summed E-state index contributed by atoms with van der Waals surface area (Å²) in [5, 5.41) is 10.7. The van der Waals surface area contributed by atoms with E-state index in [0.29, 0.717) is 0 Å². The predicted octanol–water partition coefficient (Wildman–Crippen LogP) is 2.86. The Labute approximate surface area is 113 Å². The van der Waals surface area contributed by atoms with E-state index in [9.17, 15) is 10.1 Å². The van der Waals surface area contributed by atoms with E-state index in [0.717, 1.165) is 26.9 Å². The molecular formula is C11H13N3O2S2. The Hall–Kier alpha value is -1.18. The van der Waals surface area contributed by atoms with Crippen LogP contribution < -0.4 is 0 Å². The summed E-state index contributed by atoms with van der Waals surface area (Å²) < 4.78 is 1.84. The molecule has 0 aliphatic rings. The summed E-state index contributed by atoms with van der Waals surface area (Å²) in [5.74, 6) is 0.967. The molecule has 0 spiro atoms. The Kier molecular flexibility index (Phi) is 4.15. The van der Waals surface area contributed by atoms with E-state index in [1.54, 1.807) is 23.9 Å². The van der Waals surface area contributed by atoms with Gasteiger partial charge in [0, 0.05) is 24.4 Å². The molecule has 1 aromatic carbocycles. The number of nitrogens with zero attached hydrogens (tertiary/aromatic N) is 3. The van der Waals surface area contributed by atoms with Crippen molar-refractivity contribution in [3.63, 3.8) is 0 Å². The van der Waals surface area contributed by atoms with Crippen molar-refractivity contribution in [1.29, 1.82) is 0 Å². The number of nitro groups is 1. The van der Waals surface area contributed by atoms with E-state index >= 15 is 0 Å². The van der Waals surface area contributed by atoms with Crippen LogP contribution >= 0.6 is 23.1 Å². The first-order valence-corrected chi connectivity index (χ1v) is 7.19. The third-order valence-corrected chi connectivity index (χ3v) is 4.47. The van der Waals surface area contributed by atoms with Crippen LogP contribution in [0, 0.1) is 10.1 Å². The molecule has 0 amide bonds. The molecule has 0 N–H and O–H groups in total. The average molecular weight is 283 g/mol. The van der Waals surface area contributed by atoms with Gasteiger partial charge >= 0.3 is 0 Å². The lowest BCUT2D eigenvalue weighted by molar-refractivity contribution is -0.384. The van der Waals surface area contributed by atoms with Gasteiger partial charge in [-0.3, -0.25) is 10.1 Å². The van der Waals surface area contributed by atoms with E-state index in [1.165, 1.54) is 17.4 Å². The van der Waals surface area contributed by atoms with E-state index in [2.05, 4.69) is 9.88 Å². The normalized spacial score (nSPS) is 11.3. The molecule has 7 heteroatoms. The van der Waals surface area contributed by atoms with Gasteiger partial charge in [-0.05, 0) is 20.2 Å². The van der Waals surface area contributed by atoms with Crippen LogP contribution in [0.15, 0.2) is 22.5 Å². The zero-order valence-electron chi connectivity index (χ0n) is 10.1. The summed E-state index contributed by atoms with van der Waals surface area (Å²) in [5.41, 5.74) is 0.953. The van der Waals surface area contributed by atoms with Crippen molar-refractivity contribution < 1.29 is 4.92 Å². The number of thiazole rings is 1. The van der Waals surface area contributed by atoms with Crippen LogP contribution in [0.1, 0.15) is 0 Å². The number of hydrogen-bond acceptors (Lipinski definition) is 6. The first-order chi connectivity index (χ1) is 8.56. The Bertz CT molecular complexity index is 568. The second-order valence-electron chi connectivity index (χ2n) is 4.04. The zero-order chi connectivity index (χ0) is 13.1. The van der Waals surface area contributed by atoms with Crippen LogP contribution in [0.25, 0.3) is 10.2 Å². The summed E-state index contributed by atoms with van der Waals surface area (Å²) in [7, 11) is 4.06. The smallest absolute Gasteiger partial charge is 0.270 e. The molecule has 0 aliphatic carbocycles. The topological polar surface area (TPSA) is 59.3 Å². The Morgan fingerprint density at radius 2 is 2.28 bits per heavy atom. The number of non-ortho nitro benzene ring substituents is 1. The van der Waals surface area contributed by atoms with Crippen LogP contribution in [0.2, 0.25) is 0 Å². The standard InChI is InChI=1S/C11H13N3O2S2/c1-13(2)5-6-17-11-12-9-4-3-8(14(15)16)7-10(9)18-11/h3-4,7H,5-6H2,1-2H3. The van der Waals surface area contributed by atoms with Crippen LogP contribution in [0.3, 0.4) is 0 Å². The summed E-state index contributed by atoms with van der Waals surface area (Å²) >= 11 is 3.19. The average Bonchev–Trinajstić information content (AvgIpc) is 2.69. The SMILES string of the molecule is CN(C)CCSc1nc2ccc([N+](=O)[O-])cc2s1. The van der Waals surface area contributed by atoms with Gasteiger partial charge < -0.3 is 4.90 Å². The molecule has 0 fully saturated rings. The third kappa shape index (κ3) is 3.18. The highest BCUT2D eigenvalue weighted by molar-refractivity contribution is 8.01. The molecular weight excluding hydrogens is 270 g/mol. The first kappa shape index (κ1) is 13.3. The van der Waals surface area contributed by atoms with Crippen molar-refractivity contribution in [3.8, 4) is 0 Å². The van der Waals surface area contributed by atoms with E-state index in [-0.39, 0.29) is 10.6 Å². The van der Waals surface area contributed by atoms with Gasteiger partial charge in [-0.2, -0.15) is 0 Å². The summed E-state index contributed by atoms with van der Waals surface area (Å²) in [4.78, 5) is 16.9. The fourth-order valence-electron chi connectivity index (χ4n) is 1.38. The first-order valence-electron chi connectivity index (χ1n) is 5.39. The van der Waals surface area contributed by atoms with Crippen LogP contribution in [-0.2, 0) is 0 Å². The van der Waals surface area contributed by atoms with Crippen molar-refractivity contribution in [2.75, 3.05) is 26.4 Å². The molecule has 0 radical (unpaired) electrons. The van der Waals surface area contributed by atoms with Crippen molar-refractivity contribution in [1.82, 2.24) is 9.88 Å². The highest BCUT2D eigenvalue weighted by atomic mass is 32.2. The Morgan fingerprint density at radius 3 is 2.94 bits per heavy atom. The number of rotatable bonds is 5. The summed E-state index contributed by atoms with van der Waals surface area (Å²) in [6, 6.07) is 4.79. The van der Waals surface area contributed by atoms with Crippen LogP contribution in [0.5, 0.6) is 0 Å². The number of nitro benzene ring substituents is 1. The molecule has 0 atom stereocenters. The van der Waals surface area contributed by atoms with Crippen molar-refractivity contribution >= 4 is 39.0 Å². The second kappa shape index (κ2) is 5.64. The van der Waals surface area contributed by atoms with Crippen molar-refractivity contribution in [2.45, 2.75) is 4.34 Å². The maximum atomic E-state index is 10.7. The highest BCUT2D eigenvalue weighted by Crippen LogP contribution is 2.31. The fourth-order valence-corrected chi connectivity index (χ4v) is 3.66. The van der Waals surface area contributed by atoms with Gasteiger partial charge in [0.05, 0.1) is 15.1 Å². The summed E-state index contributed by atoms with van der Waals surface area (Å²) in [6.07, 6.45) is 0. The number of thioether (sulfide) groups is 1. The second-order valence-corrected chi connectivity index (χ2v) is 6.41. The molecule has 2 aromatic rings. The third-order valence-electron chi connectivity index (χ3n) is 2.33. The van der Waals surface area contributed by atoms with E-state index in [1.807, 2.05) is 14.1 Å². The lowest BCUT2D eigenvalue weighted by Crippen LogP contribution is -2.14. The van der Waals surface area contributed by atoms with Gasteiger partial charge in [0.25, 0.3) is 5.69 Å². The minimum Gasteiger partial charge on any atom is -0.309 e. The van der Waals surface area contributed by atoms with Gasteiger partial charge in [-0.1, -0.05) is 11.8 Å². The largest absolute Gasteiger partial charge is 0.309 e. The molecule has 0 aliphatic heterocycles. The molecule has 18 heavy (non-hydrogen) atoms. The quantitative estimate of drug-likeness (QED) is 0.480. The number of aromatic nitrogens is 1.